The Morgan fingerprint density at radius 1 is 1.07 bits per heavy atom. The number of nitrogens with zero attached hydrogens (tertiary/aromatic N) is 1. The Morgan fingerprint density at radius 3 is 2.40 bits per heavy atom. The molecule has 1 amide bonds. The summed E-state index contributed by atoms with van der Waals surface area (Å²) in [4.78, 5) is 13.3. The van der Waals surface area contributed by atoms with Crippen molar-refractivity contribution in [3.05, 3.63) is 60.7 Å². The van der Waals surface area contributed by atoms with E-state index in [2.05, 4.69) is 11.4 Å². The fourth-order valence-electron chi connectivity index (χ4n) is 3.60. The second kappa shape index (κ2) is 7.80. The van der Waals surface area contributed by atoms with Crippen LogP contribution < -0.4 is 5.32 Å². The van der Waals surface area contributed by atoms with Crippen molar-refractivity contribution in [1.82, 2.24) is 9.88 Å². The molecule has 30 heavy (non-hydrogen) atoms. The lowest BCUT2D eigenvalue weighted by atomic mass is 10.1. The SMILES string of the molecule is CCC(NC(=O)C(C)C(F)(F)F)n1c(-c2cc3ccccc3s2)cc2ccccc21. The van der Waals surface area contributed by atoms with E-state index in [1.807, 2.05) is 66.1 Å². The molecular weight excluding hydrogens is 409 g/mol. The van der Waals surface area contributed by atoms with Gasteiger partial charge in [-0.05, 0) is 43.0 Å². The molecular formula is C23H21F3N2OS. The van der Waals surface area contributed by atoms with Crippen LogP contribution in [0.15, 0.2) is 60.7 Å². The smallest absolute Gasteiger partial charge is 0.335 e. The number of alkyl halides is 3. The fourth-order valence-corrected chi connectivity index (χ4v) is 4.67. The van der Waals surface area contributed by atoms with Gasteiger partial charge in [-0.3, -0.25) is 4.79 Å². The third-order valence-electron chi connectivity index (χ3n) is 5.32. The number of thiophene rings is 1. The number of fused-ring (bicyclic) bond motifs is 2. The van der Waals surface area contributed by atoms with Crippen molar-refractivity contribution < 1.29 is 18.0 Å². The van der Waals surface area contributed by atoms with Crippen LogP contribution in [-0.2, 0) is 4.79 Å². The van der Waals surface area contributed by atoms with E-state index >= 15 is 0 Å². The molecule has 0 radical (unpaired) electrons. The van der Waals surface area contributed by atoms with E-state index in [1.165, 1.54) is 0 Å². The van der Waals surface area contributed by atoms with Crippen molar-refractivity contribution in [1.29, 1.82) is 0 Å². The molecule has 2 unspecified atom stereocenters. The fraction of sp³-hybridized carbons (Fsp3) is 0.261. The number of benzene rings is 2. The zero-order chi connectivity index (χ0) is 21.5. The zero-order valence-corrected chi connectivity index (χ0v) is 17.3. The van der Waals surface area contributed by atoms with Gasteiger partial charge in [-0.25, -0.2) is 0 Å². The minimum Gasteiger partial charge on any atom is -0.335 e. The highest BCUT2D eigenvalue weighted by Crippen LogP contribution is 2.38. The van der Waals surface area contributed by atoms with Crippen LogP contribution in [0, 0.1) is 5.92 Å². The molecule has 3 nitrogen and oxygen atoms in total. The van der Waals surface area contributed by atoms with Crippen LogP contribution in [0.1, 0.15) is 26.4 Å². The average Bonchev–Trinajstić information content (AvgIpc) is 3.32. The number of para-hydroxylation sites is 1. The van der Waals surface area contributed by atoms with Crippen molar-refractivity contribution in [2.45, 2.75) is 32.6 Å². The molecule has 2 heterocycles. The average molecular weight is 430 g/mol. The van der Waals surface area contributed by atoms with Crippen LogP contribution in [0.4, 0.5) is 13.2 Å². The summed E-state index contributed by atoms with van der Waals surface area (Å²) in [5, 5.41) is 4.70. The van der Waals surface area contributed by atoms with Crippen LogP contribution in [0.3, 0.4) is 0 Å². The molecule has 156 valence electrons. The first-order chi connectivity index (χ1) is 14.3. The summed E-state index contributed by atoms with van der Waals surface area (Å²) < 4.78 is 42.2. The number of rotatable bonds is 5. The van der Waals surface area contributed by atoms with Gasteiger partial charge in [-0.15, -0.1) is 11.3 Å². The summed E-state index contributed by atoms with van der Waals surface area (Å²) in [6.07, 6.45) is -4.72. The van der Waals surface area contributed by atoms with Gasteiger partial charge in [0.2, 0.25) is 5.91 Å². The predicted octanol–water partition coefficient (Wildman–Crippen LogP) is 6.75. The van der Waals surface area contributed by atoms with Gasteiger partial charge in [0, 0.05) is 10.1 Å². The maximum absolute atomic E-state index is 13.0. The quantitative estimate of drug-likeness (QED) is 0.373. The monoisotopic (exact) mass is 430 g/mol. The van der Waals surface area contributed by atoms with Gasteiger partial charge >= 0.3 is 6.18 Å². The van der Waals surface area contributed by atoms with E-state index in [0.717, 1.165) is 38.5 Å². The number of halogens is 3. The summed E-state index contributed by atoms with van der Waals surface area (Å²) in [5.74, 6) is -3.09. The molecule has 4 aromatic rings. The van der Waals surface area contributed by atoms with Crippen molar-refractivity contribution in [3.8, 4) is 10.6 Å². The number of carbonyl (C=O) groups excluding carboxylic acids is 1. The normalized spacial score (nSPS) is 14.2. The maximum Gasteiger partial charge on any atom is 0.400 e. The number of amides is 1. The first kappa shape index (κ1) is 20.5. The molecule has 0 saturated carbocycles. The second-order valence-electron chi connectivity index (χ2n) is 7.30. The first-order valence-corrected chi connectivity index (χ1v) is 10.6. The highest BCUT2D eigenvalue weighted by molar-refractivity contribution is 7.22. The molecule has 2 aromatic carbocycles. The van der Waals surface area contributed by atoms with E-state index in [-0.39, 0.29) is 0 Å². The molecule has 0 fully saturated rings. The van der Waals surface area contributed by atoms with Gasteiger partial charge in [0.15, 0.2) is 0 Å². The Balaban J connectivity index is 1.82. The van der Waals surface area contributed by atoms with Crippen molar-refractivity contribution in [2.24, 2.45) is 5.92 Å². The molecule has 0 aliphatic carbocycles. The lowest BCUT2D eigenvalue weighted by Gasteiger charge is -2.25. The van der Waals surface area contributed by atoms with E-state index in [4.69, 9.17) is 0 Å². The van der Waals surface area contributed by atoms with Crippen LogP contribution in [0.25, 0.3) is 31.6 Å². The number of hydrogen-bond acceptors (Lipinski definition) is 2. The summed E-state index contributed by atoms with van der Waals surface area (Å²) in [6, 6.07) is 19.8. The Kier molecular flexibility index (Phi) is 5.32. The highest BCUT2D eigenvalue weighted by Gasteiger charge is 2.41. The molecule has 0 aliphatic heterocycles. The zero-order valence-electron chi connectivity index (χ0n) is 16.5. The maximum atomic E-state index is 13.0. The molecule has 7 heteroatoms. The molecule has 0 spiro atoms. The van der Waals surface area contributed by atoms with Crippen molar-refractivity contribution >= 4 is 38.2 Å². The molecule has 0 saturated heterocycles. The van der Waals surface area contributed by atoms with Gasteiger partial charge in [-0.1, -0.05) is 43.3 Å². The number of carbonyl (C=O) groups is 1. The summed E-state index contributed by atoms with van der Waals surface area (Å²) in [6.45, 7) is 2.75. The predicted molar refractivity (Wildman–Crippen MR) is 115 cm³/mol. The summed E-state index contributed by atoms with van der Waals surface area (Å²) in [7, 11) is 0. The third-order valence-corrected chi connectivity index (χ3v) is 6.46. The minimum atomic E-state index is -4.57. The summed E-state index contributed by atoms with van der Waals surface area (Å²) >= 11 is 1.62. The highest BCUT2D eigenvalue weighted by atomic mass is 32.1. The standard InChI is InChI=1S/C23H21F3N2OS/c1-3-21(27-22(29)14(2)23(24,25)26)28-17-10-6-4-8-15(17)12-18(28)20-13-16-9-5-7-11-19(16)30-20/h4-14,21H,3H2,1-2H3,(H,27,29). The Labute approximate surface area is 176 Å². The number of hydrogen-bond donors (Lipinski definition) is 1. The van der Waals surface area contributed by atoms with Crippen LogP contribution in [-0.4, -0.2) is 16.7 Å². The molecule has 0 bridgehead atoms. The summed E-state index contributed by atoms with van der Waals surface area (Å²) in [5.41, 5.74) is 1.75. The largest absolute Gasteiger partial charge is 0.400 e. The van der Waals surface area contributed by atoms with Crippen molar-refractivity contribution in [3.63, 3.8) is 0 Å². The van der Waals surface area contributed by atoms with E-state index < -0.39 is 24.2 Å². The third kappa shape index (κ3) is 3.69. The number of nitrogens with one attached hydrogen (secondary N) is 1. The lowest BCUT2D eigenvalue weighted by Crippen LogP contribution is -2.41. The molecule has 2 aromatic heterocycles. The first-order valence-electron chi connectivity index (χ1n) is 9.75. The Bertz CT molecular complexity index is 1180. The van der Waals surface area contributed by atoms with Gasteiger partial charge in [0.05, 0.1) is 16.1 Å². The molecule has 4 rings (SSSR count). The van der Waals surface area contributed by atoms with Crippen LogP contribution in [0.5, 0.6) is 0 Å². The van der Waals surface area contributed by atoms with E-state index in [9.17, 15) is 18.0 Å². The molecule has 0 aliphatic rings. The van der Waals surface area contributed by atoms with Gasteiger partial charge in [0.1, 0.15) is 12.1 Å². The number of aromatic nitrogens is 1. The second-order valence-corrected chi connectivity index (χ2v) is 8.39. The van der Waals surface area contributed by atoms with Gasteiger partial charge in [-0.2, -0.15) is 13.2 Å². The van der Waals surface area contributed by atoms with Crippen LogP contribution in [0.2, 0.25) is 0 Å². The topological polar surface area (TPSA) is 34.0 Å². The Morgan fingerprint density at radius 2 is 1.73 bits per heavy atom. The lowest BCUT2D eigenvalue weighted by molar-refractivity contribution is -0.179. The van der Waals surface area contributed by atoms with E-state index in [0.29, 0.717) is 6.42 Å². The molecule has 1 N–H and O–H groups in total. The van der Waals surface area contributed by atoms with Crippen LogP contribution >= 0.6 is 11.3 Å². The minimum absolute atomic E-state index is 0.451. The van der Waals surface area contributed by atoms with E-state index in [1.54, 1.807) is 11.3 Å². The van der Waals surface area contributed by atoms with Crippen molar-refractivity contribution in [2.75, 3.05) is 0 Å². The molecule has 2 atom stereocenters. The Hall–Kier alpha value is -2.80. The van der Waals surface area contributed by atoms with Gasteiger partial charge in [0.25, 0.3) is 0 Å². The van der Waals surface area contributed by atoms with Gasteiger partial charge < -0.3 is 9.88 Å².